The summed E-state index contributed by atoms with van der Waals surface area (Å²) < 4.78 is 0. The Hall–Kier alpha value is -3.58. The van der Waals surface area contributed by atoms with E-state index in [1.54, 1.807) is 0 Å². The van der Waals surface area contributed by atoms with E-state index in [0.29, 0.717) is 0 Å². The van der Waals surface area contributed by atoms with Gasteiger partial charge in [-0.3, -0.25) is 0 Å². The minimum Gasteiger partial charge on any atom is -0.310 e. The lowest BCUT2D eigenvalue weighted by Crippen LogP contribution is -2.09. The predicted octanol–water partition coefficient (Wildman–Crippen LogP) is 7.46. The molecule has 0 aliphatic heterocycles. The molecule has 0 saturated heterocycles. The molecule has 0 aliphatic rings. The number of nitrogens with zero attached hydrogens (tertiary/aromatic N) is 1. The Kier molecular flexibility index (Phi) is 3.84. The van der Waals surface area contributed by atoms with Crippen LogP contribution in [0.4, 0.5) is 17.1 Å². The van der Waals surface area contributed by atoms with Crippen LogP contribution in [0.5, 0.6) is 0 Å². The second-order valence-corrected chi connectivity index (χ2v) is 6.70. The maximum absolute atomic E-state index is 2.30. The summed E-state index contributed by atoms with van der Waals surface area (Å²) in [5.41, 5.74) is 3.47. The van der Waals surface area contributed by atoms with Gasteiger partial charge in [-0.1, -0.05) is 78.9 Å². The van der Waals surface area contributed by atoms with E-state index < -0.39 is 0 Å². The van der Waals surface area contributed by atoms with Crippen LogP contribution in [0.3, 0.4) is 0 Å². The molecule has 0 aliphatic carbocycles. The first-order valence-electron chi connectivity index (χ1n) is 9.22. The Morgan fingerprint density at radius 3 is 1.63 bits per heavy atom. The highest BCUT2D eigenvalue weighted by Gasteiger charge is 2.12. The van der Waals surface area contributed by atoms with Gasteiger partial charge in [0.2, 0.25) is 0 Å². The normalized spacial score (nSPS) is 11.0. The highest BCUT2D eigenvalue weighted by molar-refractivity contribution is 6.08. The molecule has 5 aromatic rings. The maximum Gasteiger partial charge on any atom is 0.0468 e. The molecule has 1 nitrogen and oxygen atoms in total. The molecule has 5 rings (SSSR count). The molecule has 0 atom stereocenters. The fourth-order valence-corrected chi connectivity index (χ4v) is 3.74. The van der Waals surface area contributed by atoms with Gasteiger partial charge in [-0.2, -0.15) is 0 Å². The molecule has 0 aromatic heterocycles. The van der Waals surface area contributed by atoms with Gasteiger partial charge in [0.05, 0.1) is 0 Å². The third kappa shape index (κ3) is 2.84. The van der Waals surface area contributed by atoms with E-state index >= 15 is 0 Å². The molecule has 1 heteroatoms. The molecule has 0 amide bonds. The summed E-state index contributed by atoms with van der Waals surface area (Å²) in [5.74, 6) is 0. The SMILES string of the molecule is c1ccc(N(c2ccccc2)c2ccc3c(ccc4ccccc43)c2)cc1. The van der Waals surface area contributed by atoms with Crippen LogP contribution >= 0.6 is 0 Å². The first-order chi connectivity index (χ1) is 13.4. The molecule has 0 N–H and O–H groups in total. The van der Waals surface area contributed by atoms with Crippen LogP contribution in [0.2, 0.25) is 0 Å². The predicted molar refractivity (Wildman–Crippen MR) is 116 cm³/mol. The number of fused-ring (bicyclic) bond motifs is 3. The lowest BCUT2D eigenvalue weighted by molar-refractivity contribution is 1.29. The van der Waals surface area contributed by atoms with Crippen molar-refractivity contribution in [3.63, 3.8) is 0 Å². The summed E-state index contributed by atoms with van der Waals surface area (Å²) in [6, 6.07) is 40.8. The van der Waals surface area contributed by atoms with Crippen molar-refractivity contribution in [3.8, 4) is 0 Å². The minimum atomic E-state index is 1.16. The zero-order valence-corrected chi connectivity index (χ0v) is 14.9. The molecule has 0 fully saturated rings. The van der Waals surface area contributed by atoms with E-state index in [2.05, 4.69) is 120 Å². The molecule has 5 aromatic carbocycles. The first-order valence-corrected chi connectivity index (χ1v) is 9.22. The summed E-state index contributed by atoms with van der Waals surface area (Å²) in [7, 11) is 0. The Bertz CT molecular complexity index is 1170. The Labute approximate surface area is 159 Å². The Morgan fingerprint density at radius 2 is 0.926 bits per heavy atom. The van der Waals surface area contributed by atoms with E-state index in [1.807, 2.05) is 0 Å². The summed E-state index contributed by atoms with van der Waals surface area (Å²) in [6.07, 6.45) is 0. The van der Waals surface area contributed by atoms with Gasteiger partial charge in [-0.05, 0) is 57.9 Å². The van der Waals surface area contributed by atoms with E-state index in [-0.39, 0.29) is 0 Å². The van der Waals surface area contributed by atoms with Crippen LogP contribution in [0.1, 0.15) is 0 Å². The van der Waals surface area contributed by atoms with E-state index in [1.165, 1.54) is 21.5 Å². The summed E-state index contributed by atoms with van der Waals surface area (Å²) in [4.78, 5) is 2.30. The molecule has 0 bridgehead atoms. The molecule has 128 valence electrons. The van der Waals surface area contributed by atoms with Crippen LogP contribution < -0.4 is 4.90 Å². The smallest absolute Gasteiger partial charge is 0.0468 e. The van der Waals surface area contributed by atoms with E-state index in [0.717, 1.165) is 17.1 Å². The maximum atomic E-state index is 2.30. The van der Waals surface area contributed by atoms with Gasteiger partial charge in [0.1, 0.15) is 0 Å². The number of hydrogen-bond acceptors (Lipinski definition) is 1. The van der Waals surface area contributed by atoms with Gasteiger partial charge >= 0.3 is 0 Å². The van der Waals surface area contributed by atoms with Crippen molar-refractivity contribution in [2.75, 3.05) is 4.90 Å². The largest absolute Gasteiger partial charge is 0.310 e. The molecule has 0 saturated carbocycles. The van der Waals surface area contributed by atoms with Crippen molar-refractivity contribution in [2.24, 2.45) is 0 Å². The molecular weight excluding hydrogens is 326 g/mol. The lowest BCUT2D eigenvalue weighted by Gasteiger charge is -2.25. The number of hydrogen-bond donors (Lipinski definition) is 0. The minimum absolute atomic E-state index is 1.16. The topological polar surface area (TPSA) is 3.24 Å². The van der Waals surface area contributed by atoms with Crippen LogP contribution in [0.15, 0.2) is 115 Å². The lowest BCUT2D eigenvalue weighted by atomic mass is 10.0. The van der Waals surface area contributed by atoms with Crippen LogP contribution in [0, 0.1) is 0 Å². The summed E-state index contributed by atoms with van der Waals surface area (Å²) in [5, 5.41) is 5.12. The quantitative estimate of drug-likeness (QED) is 0.307. The van der Waals surface area contributed by atoms with Crippen molar-refractivity contribution in [1.29, 1.82) is 0 Å². The van der Waals surface area contributed by atoms with E-state index in [4.69, 9.17) is 0 Å². The van der Waals surface area contributed by atoms with Crippen LogP contribution in [0.25, 0.3) is 21.5 Å². The fraction of sp³-hybridized carbons (Fsp3) is 0. The number of benzene rings is 5. The average molecular weight is 345 g/mol. The first kappa shape index (κ1) is 15.7. The van der Waals surface area contributed by atoms with Gasteiger partial charge in [-0.25, -0.2) is 0 Å². The second kappa shape index (κ2) is 6.62. The summed E-state index contributed by atoms with van der Waals surface area (Å²) >= 11 is 0. The van der Waals surface area contributed by atoms with Crippen LogP contribution in [-0.2, 0) is 0 Å². The van der Waals surface area contributed by atoms with E-state index in [9.17, 15) is 0 Å². The number of rotatable bonds is 3. The Balaban J connectivity index is 1.72. The fourth-order valence-electron chi connectivity index (χ4n) is 3.74. The second-order valence-electron chi connectivity index (χ2n) is 6.70. The zero-order chi connectivity index (χ0) is 18.1. The standard InChI is InChI=1S/C26H19N/c1-3-10-22(11-4-1)27(23-12-5-2-6-13-23)24-17-18-26-21(19-24)16-15-20-9-7-8-14-25(20)26/h1-19H. The zero-order valence-electron chi connectivity index (χ0n) is 14.9. The molecule has 0 heterocycles. The Morgan fingerprint density at radius 1 is 0.370 bits per heavy atom. The van der Waals surface area contributed by atoms with Crippen molar-refractivity contribution >= 4 is 38.6 Å². The molecule has 27 heavy (non-hydrogen) atoms. The average Bonchev–Trinajstić information content (AvgIpc) is 2.75. The molecule has 0 spiro atoms. The van der Waals surface area contributed by atoms with Crippen LogP contribution in [-0.4, -0.2) is 0 Å². The molecular formula is C26H19N. The van der Waals surface area contributed by atoms with Crippen molar-refractivity contribution in [3.05, 3.63) is 115 Å². The van der Waals surface area contributed by atoms with Gasteiger partial charge in [0.15, 0.2) is 0 Å². The molecule has 0 unspecified atom stereocenters. The number of anilines is 3. The highest BCUT2D eigenvalue weighted by atomic mass is 15.1. The highest BCUT2D eigenvalue weighted by Crippen LogP contribution is 2.36. The summed E-state index contributed by atoms with van der Waals surface area (Å²) in [6.45, 7) is 0. The van der Waals surface area contributed by atoms with Crippen molar-refractivity contribution in [1.82, 2.24) is 0 Å². The third-order valence-corrected chi connectivity index (χ3v) is 5.02. The van der Waals surface area contributed by atoms with Crippen molar-refractivity contribution < 1.29 is 0 Å². The third-order valence-electron chi connectivity index (χ3n) is 5.02. The van der Waals surface area contributed by atoms with Crippen molar-refractivity contribution in [2.45, 2.75) is 0 Å². The van der Waals surface area contributed by atoms with Gasteiger partial charge in [-0.15, -0.1) is 0 Å². The van der Waals surface area contributed by atoms with Gasteiger partial charge in [0, 0.05) is 17.1 Å². The number of para-hydroxylation sites is 2. The van der Waals surface area contributed by atoms with Gasteiger partial charge in [0.25, 0.3) is 0 Å². The monoisotopic (exact) mass is 345 g/mol. The molecule has 0 radical (unpaired) electrons. The van der Waals surface area contributed by atoms with Gasteiger partial charge < -0.3 is 4.90 Å².